The summed E-state index contributed by atoms with van der Waals surface area (Å²) in [5.41, 5.74) is 7.28. The fourth-order valence-electron chi connectivity index (χ4n) is 2.03. The van der Waals surface area contributed by atoms with Gasteiger partial charge in [0, 0.05) is 17.0 Å². The van der Waals surface area contributed by atoms with Gasteiger partial charge in [-0.2, -0.15) is 0 Å². The smallest absolute Gasteiger partial charge is 0.162 e. The van der Waals surface area contributed by atoms with Crippen LogP contribution in [-0.2, 0) is 0 Å². The molecule has 0 fully saturated rings. The molecule has 0 bridgehead atoms. The minimum absolute atomic E-state index is 0.173. The number of ketones is 1. The molecule has 0 saturated carbocycles. The quantitative estimate of drug-likeness (QED) is 0.759. The summed E-state index contributed by atoms with van der Waals surface area (Å²) in [6.45, 7) is 4.78. The zero-order valence-electron chi connectivity index (χ0n) is 11.2. The van der Waals surface area contributed by atoms with Crippen molar-refractivity contribution in [2.24, 2.45) is 11.7 Å². The fraction of sp³-hybridized carbons (Fsp3) is 0.533. The van der Waals surface area contributed by atoms with Crippen molar-refractivity contribution in [3.8, 4) is 0 Å². The lowest BCUT2D eigenvalue weighted by Gasteiger charge is -2.12. The van der Waals surface area contributed by atoms with Crippen molar-refractivity contribution in [2.75, 3.05) is 6.54 Å². The molecule has 1 aromatic rings. The average Bonchev–Trinajstić information content (AvgIpc) is 2.37. The number of nitrogens with two attached hydrogens (primary N) is 1. The van der Waals surface area contributed by atoms with E-state index in [2.05, 4.69) is 6.92 Å². The van der Waals surface area contributed by atoms with Gasteiger partial charge in [0.15, 0.2) is 5.78 Å². The third kappa shape index (κ3) is 4.43. The van der Waals surface area contributed by atoms with Gasteiger partial charge in [-0.25, -0.2) is 0 Å². The van der Waals surface area contributed by atoms with Crippen LogP contribution < -0.4 is 5.73 Å². The maximum Gasteiger partial charge on any atom is 0.162 e. The van der Waals surface area contributed by atoms with Crippen LogP contribution in [-0.4, -0.2) is 12.3 Å². The van der Waals surface area contributed by atoms with E-state index in [-0.39, 0.29) is 5.78 Å². The molecule has 0 aromatic heterocycles. The lowest BCUT2D eigenvalue weighted by molar-refractivity contribution is 0.0972. The number of aryl methyl sites for hydroxylation is 1. The Kier molecular flexibility index (Phi) is 6.37. The Morgan fingerprint density at radius 2 is 2.11 bits per heavy atom. The van der Waals surface area contributed by atoms with Crippen molar-refractivity contribution in [1.29, 1.82) is 0 Å². The van der Waals surface area contributed by atoms with E-state index < -0.39 is 0 Å². The summed E-state index contributed by atoms with van der Waals surface area (Å²) in [5.74, 6) is 0.729. The Balaban J connectivity index is 2.57. The second-order valence-electron chi connectivity index (χ2n) is 4.78. The van der Waals surface area contributed by atoms with Crippen LogP contribution in [0.1, 0.15) is 48.5 Å². The SMILES string of the molecule is CCC(CCN)CCC(=O)c1ccc(C)c(Cl)c1. The van der Waals surface area contributed by atoms with Crippen molar-refractivity contribution in [1.82, 2.24) is 0 Å². The normalized spacial score (nSPS) is 12.4. The highest BCUT2D eigenvalue weighted by Crippen LogP contribution is 2.20. The molecule has 3 heteroatoms. The number of hydrogen-bond donors (Lipinski definition) is 1. The summed E-state index contributed by atoms with van der Waals surface area (Å²) in [4.78, 5) is 12.0. The number of carbonyl (C=O) groups excluding carboxylic acids is 1. The Morgan fingerprint density at radius 1 is 1.39 bits per heavy atom. The van der Waals surface area contributed by atoms with Gasteiger partial charge < -0.3 is 5.73 Å². The first-order valence-corrected chi connectivity index (χ1v) is 6.95. The first kappa shape index (κ1) is 15.2. The molecular weight excluding hydrogens is 246 g/mol. The van der Waals surface area contributed by atoms with Crippen LogP contribution >= 0.6 is 11.6 Å². The molecule has 1 rings (SSSR count). The van der Waals surface area contributed by atoms with E-state index in [1.807, 2.05) is 19.1 Å². The fourth-order valence-corrected chi connectivity index (χ4v) is 2.21. The molecular formula is C15H22ClNO. The summed E-state index contributed by atoms with van der Waals surface area (Å²) in [6.07, 6.45) is 3.58. The molecule has 0 heterocycles. The maximum atomic E-state index is 12.0. The average molecular weight is 268 g/mol. The van der Waals surface area contributed by atoms with Gasteiger partial charge in [0.05, 0.1) is 0 Å². The number of Topliss-reactive ketones (excluding diaryl/α,β-unsaturated/α-hetero) is 1. The maximum absolute atomic E-state index is 12.0. The van der Waals surface area contributed by atoms with Crippen molar-refractivity contribution < 1.29 is 4.79 Å². The highest BCUT2D eigenvalue weighted by Gasteiger charge is 2.11. The Morgan fingerprint density at radius 3 is 2.67 bits per heavy atom. The van der Waals surface area contributed by atoms with Gasteiger partial charge in [-0.1, -0.05) is 37.1 Å². The van der Waals surface area contributed by atoms with Gasteiger partial charge in [-0.15, -0.1) is 0 Å². The molecule has 0 amide bonds. The van der Waals surface area contributed by atoms with Crippen LogP contribution in [0.3, 0.4) is 0 Å². The lowest BCUT2D eigenvalue weighted by Crippen LogP contribution is -2.10. The minimum Gasteiger partial charge on any atom is -0.330 e. The van der Waals surface area contributed by atoms with E-state index in [0.29, 0.717) is 29.5 Å². The van der Waals surface area contributed by atoms with E-state index >= 15 is 0 Å². The molecule has 1 unspecified atom stereocenters. The summed E-state index contributed by atoms with van der Waals surface area (Å²) in [5, 5.41) is 0.662. The second kappa shape index (κ2) is 7.55. The largest absolute Gasteiger partial charge is 0.330 e. The van der Waals surface area contributed by atoms with Crippen LogP contribution in [0, 0.1) is 12.8 Å². The monoisotopic (exact) mass is 267 g/mol. The summed E-state index contributed by atoms with van der Waals surface area (Å²) >= 11 is 6.03. The van der Waals surface area contributed by atoms with E-state index in [9.17, 15) is 4.79 Å². The molecule has 0 spiro atoms. The summed E-state index contributed by atoms with van der Waals surface area (Å²) in [6, 6.07) is 5.52. The molecule has 0 saturated heterocycles. The molecule has 1 atom stereocenters. The molecule has 0 aliphatic carbocycles. The summed E-state index contributed by atoms with van der Waals surface area (Å²) < 4.78 is 0. The van der Waals surface area contributed by atoms with E-state index in [1.54, 1.807) is 6.07 Å². The van der Waals surface area contributed by atoms with Crippen LogP contribution in [0.5, 0.6) is 0 Å². The first-order valence-electron chi connectivity index (χ1n) is 6.57. The van der Waals surface area contributed by atoms with E-state index in [1.165, 1.54) is 0 Å². The van der Waals surface area contributed by atoms with Gasteiger partial charge in [0.1, 0.15) is 0 Å². The Labute approximate surface area is 115 Å². The first-order chi connectivity index (χ1) is 8.58. The Bertz CT molecular complexity index is 403. The lowest BCUT2D eigenvalue weighted by atomic mass is 9.94. The molecule has 100 valence electrons. The predicted molar refractivity (Wildman–Crippen MR) is 77.2 cm³/mol. The molecule has 0 aliphatic heterocycles. The van der Waals surface area contributed by atoms with E-state index in [4.69, 9.17) is 17.3 Å². The minimum atomic E-state index is 0.173. The van der Waals surface area contributed by atoms with Crippen molar-refractivity contribution in [2.45, 2.75) is 39.5 Å². The zero-order chi connectivity index (χ0) is 13.5. The standard InChI is InChI=1S/C15H22ClNO/c1-3-12(8-9-17)5-7-15(18)13-6-4-11(2)14(16)10-13/h4,6,10,12H,3,5,7-9,17H2,1-2H3. The van der Waals surface area contributed by atoms with Gasteiger partial charge in [0.2, 0.25) is 0 Å². The number of rotatable bonds is 7. The molecule has 18 heavy (non-hydrogen) atoms. The van der Waals surface area contributed by atoms with Crippen molar-refractivity contribution in [3.63, 3.8) is 0 Å². The molecule has 2 nitrogen and oxygen atoms in total. The third-order valence-electron chi connectivity index (χ3n) is 3.43. The zero-order valence-corrected chi connectivity index (χ0v) is 12.0. The third-order valence-corrected chi connectivity index (χ3v) is 3.83. The number of carbonyl (C=O) groups is 1. The molecule has 1 aromatic carbocycles. The number of benzene rings is 1. The van der Waals surface area contributed by atoms with Gasteiger partial charge in [-0.3, -0.25) is 4.79 Å². The van der Waals surface area contributed by atoms with Crippen LogP contribution in [0.2, 0.25) is 5.02 Å². The highest BCUT2D eigenvalue weighted by molar-refractivity contribution is 6.31. The predicted octanol–water partition coefficient (Wildman–Crippen LogP) is 3.99. The topological polar surface area (TPSA) is 43.1 Å². The summed E-state index contributed by atoms with van der Waals surface area (Å²) in [7, 11) is 0. The molecule has 2 N–H and O–H groups in total. The van der Waals surface area contributed by atoms with Crippen molar-refractivity contribution >= 4 is 17.4 Å². The van der Waals surface area contributed by atoms with Crippen LogP contribution in [0.4, 0.5) is 0 Å². The van der Waals surface area contributed by atoms with E-state index in [0.717, 1.165) is 24.8 Å². The van der Waals surface area contributed by atoms with Gasteiger partial charge >= 0.3 is 0 Å². The molecule has 0 radical (unpaired) electrons. The highest BCUT2D eigenvalue weighted by atomic mass is 35.5. The number of hydrogen-bond acceptors (Lipinski definition) is 2. The molecule has 0 aliphatic rings. The number of halogens is 1. The van der Waals surface area contributed by atoms with Crippen LogP contribution in [0.25, 0.3) is 0 Å². The van der Waals surface area contributed by atoms with Crippen molar-refractivity contribution in [3.05, 3.63) is 34.3 Å². The second-order valence-corrected chi connectivity index (χ2v) is 5.18. The Hall–Kier alpha value is -0.860. The van der Waals surface area contributed by atoms with Gasteiger partial charge in [-0.05, 0) is 43.9 Å². The van der Waals surface area contributed by atoms with Crippen LogP contribution in [0.15, 0.2) is 18.2 Å². The van der Waals surface area contributed by atoms with Gasteiger partial charge in [0.25, 0.3) is 0 Å².